The summed E-state index contributed by atoms with van der Waals surface area (Å²) in [6.07, 6.45) is 1.98. The number of nitrogens with zero attached hydrogens (tertiary/aromatic N) is 1. The molecular formula is C21H25ClN2O4S. The molecular weight excluding hydrogens is 412 g/mol. The van der Waals surface area contributed by atoms with Crippen molar-refractivity contribution in [3.05, 3.63) is 58.6 Å². The Morgan fingerprint density at radius 3 is 2.79 bits per heavy atom. The minimum Gasteiger partial charge on any atom is -0.466 e. The normalized spacial score (nSPS) is 14.3. The number of hydrogen-bond acceptors (Lipinski definition) is 5. The van der Waals surface area contributed by atoms with Crippen molar-refractivity contribution in [3.8, 4) is 0 Å². The van der Waals surface area contributed by atoms with Gasteiger partial charge in [-0.05, 0) is 67.8 Å². The number of esters is 1. The van der Waals surface area contributed by atoms with E-state index >= 15 is 0 Å². The number of carbonyl (C=O) groups excluding carboxylic acids is 1. The molecule has 0 bridgehead atoms. The molecule has 0 aromatic heterocycles. The fourth-order valence-corrected chi connectivity index (χ4v) is 4.69. The van der Waals surface area contributed by atoms with Crippen molar-refractivity contribution in [2.24, 2.45) is 0 Å². The molecule has 0 saturated carbocycles. The Balaban J connectivity index is 1.66. The molecule has 2 aromatic carbocycles. The van der Waals surface area contributed by atoms with Crippen LogP contribution in [0.2, 0.25) is 5.02 Å². The number of rotatable bonds is 8. The summed E-state index contributed by atoms with van der Waals surface area (Å²) < 4.78 is 33.1. The highest BCUT2D eigenvalue weighted by Gasteiger charge is 2.21. The second kappa shape index (κ2) is 9.61. The first kappa shape index (κ1) is 21.6. The van der Waals surface area contributed by atoms with E-state index in [0.717, 1.165) is 37.1 Å². The minimum atomic E-state index is -3.70. The number of carbonyl (C=O) groups is 1. The molecule has 1 aliphatic rings. The quantitative estimate of drug-likeness (QED) is 0.636. The molecule has 8 heteroatoms. The zero-order valence-corrected chi connectivity index (χ0v) is 17.9. The lowest BCUT2D eigenvalue weighted by Gasteiger charge is -2.29. The van der Waals surface area contributed by atoms with Crippen LogP contribution in [-0.4, -0.2) is 39.0 Å². The molecule has 1 N–H and O–H groups in total. The van der Waals surface area contributed by atoms with E-state index in [1.807, 2.05) is 6.07 Å². The van der Waals surface area contributed by atoms with E-state index in [0.29, 0.717) is 30.3 Å². The van der Waals surface area contributed by atoms with Crippen LogP contribution in [0.15, 0.2) is 47.4 Å². The summed E-state index contributed by atoms with van der Waals surface area (Å²) in [4.78, 5) is 14.0. The van der Waals surface area contributed by atoms with E-state index in [1.54, 1.807) is 43.3 Å². The summed E-state index contributed by atoms with van der Waals surface area (Å²) in [5.74, 6) is -0.176. The van der Waals surface area contributed by atoms with E-state index in [4.69, 9.17) is 16.3 Å². The van der Waals surface area contributed by atoms with Crippen LogP contribution < -0.4 is 4.72 Å². The van der Waals surface area contributed by atoms with Gasteiger partial charge in [0, 0.05) is 24.5 Å². The molecule has 3 rings (SSSR count). The van der Waals surface area contributed by atoms with Gasteiger partial charge in [-0.2, -0.15) is 0 Å². The molecule has 156 valence electrons. The average molecular weight is 437 g/mol. The number of halogens is 1. The Hall–Kier alpha value is -2.09. The van der Waals surface area contributed by atoms with Crippen LogP contribution in [0, 0.1) is 0 Å². The number of anilines is 1. The van der Waals surface area contributed by atoms with Crippen LogP contribution in [0.1, 0.15) is 30.9 Å². The highest BCUT2D eigenvalue weighted by atomic mass is 35.5. The summed E-state index contributed by atoms with van der Waals surface area (Å²) in [6, 6.07) is 11.9. The SMILES string of the molecule is CCOC(=O)CCCN1CCc2ccc(S(=O)(=O)Nc3cccc(Cl)c3)cc2C1. The van der Waals surface area contributed by atoms with Gasteiger partial charge in [-0.15, -0.1) is 0 Å². The number of ether oxygens (including phenoxy) is 1. The Kier molecular flexibility index (Phi) is 7.16. The molecule has 0 fully saturated rings. The van der Waals surface area contributed by atoms with E-state index in [2.05, 4.69) is 9.62 Å². The summed E-state index contributed by atoms with van der Waals surface area (Å²) in [6.45, 7) is 4.53. The molecule has 0 unspecified atom stereocenters. The second-order valence-corrected chi connectivity index (χ2v) is 9.10. The van der Waals surface area contributed by atoms with Gasteiger partial charge < -0.3 is 4.74 Å². The van der Waals surface area contributed by atoms with E-state index < -0.39 is 10.0 Å². The number of sulfonamides is 1. The van der Waals surface area contributed by atoms with Gasteiger partial charge in [0.15, 0.2) is 0 Å². The van der Waals surface area contributed by atoms with Gasteiger partial charge in [0.25, 0.3) is 10.0 Å². The lowest BCUT2D eigenvalue weighted by molar-refractivity contribution is -0.143. The fourth-order valence-electron chi connectivity index (χ4n) is 3.40. The van der Waals surface area contributed by atoms with Crippen LogP contribution in [0.3, 0.4) is 0 Å². The van der Waals surface area contributed by atoms with E-state index in [1.165, 1.54) is 0 Å². The third kappa shape index (κ3) is 5.95. The molecule has 2 aromatic rings. The molecule has 0 amide bonds. The predicted octanol–water partition coefficient (Wildman–Crippen LogP) is 3.84. The molecule has 29 heavy (non-hydrogen) atoms. The zero-order valence-electron chi connectivity index (χ0n) is 16.4. The molecule has 1 aliphatic heterocycles. The number of nitrogens with one attached hydrogen (secondary N) is 1. The van der Waals surface area contributed by atoms with Crippen molar-refractivity contribution in [1.82, 2.24) is 4.90 Å². The van der Waals surface area contributed by atoms with Crippen molar-refractivity contribution in [2.75, 3.05) is 24.4 Å². The first-order valence-corrected chi connectivity index (χ1v) is 11.5. The van der Waals surface area contributed by atoms with Gasteiger partial charge in [0.1, 0.15) is 0 Å². The largest absolute Gasteiger partial charge is 0.466 e. The Bertz CT molecular complexity index is 978. The third-order valence-electron chi connectivity index (χ3n) is 4.82. The Morgan fingerprint density at radius 1 is 1.21 bits per heavy atom. The van der Waals surface area contributed by atoms with Gasteiger partial charge in [-0.1, -0.05) is 23.7 Å². The maximum Gasteiger partial charge on any atom is 0.305 e. The van der Waals surface area contributed by atoms with Crippen molar-refractivity contribution >= 4 is 33.3 Å². The first-order chi connectivity index (χ1) is 13.9. The molecule has 0 radical (unpaired) electrons. The van der Waals surface area contributed by atoms with Crippen molar-refractivity contribution in [1.29, 1.82) is 0 Å². The summed E-state index contributed by atoms with van der Waals surface area (Å²) in [7, 11) is -3.70. The highest BCUT2D eigenvalue weighted by molar-refractivity contribution is 7.92. The molecule has 1 heterocycles. The third-order valence-corrected chi connectivity index (χ3v) is 6.43. The number of hydrogen-bond donors (Lipinski definition) is 1. The second-order valence-electron chi connectivity index (χ2n) is 6.98. The molecule has 6 nitrogen and oxygen atoms in total. The van der Waals surface area contributed by atoms with Gasteiger partial charge in [-0.3, -0.25) is 14.4 Å². The van der Waals surface area contributed by atoms with Crippen LogP contribution in [0.25, 0.3) is 0 Å². The summed E-state index contributed by atoms with van der Waals surface area (Å²) >= 11 is 5.94. The van der Waals surface area contributed by atoms with Crippen molar-refractivity contribution in [3.63, 3.8) is 0 Å². The van der Waals surface area contributed by atoms with Crippen molar-refractivity contribution in [2.45, 2.75) is 37.6 Å². The maximum atomic E-state index is 12.8. The minimum absolute atomic E-state index is 0.176. The number of fused-ring (bicyclic) bond motifs is 1. The van der Waals surface area contributed by atoms with Crippen LogP contribution in [0.5, 0.6) is 0 Å². The fraction of sp³-hybridized carbons (Fsp3) is 0.381. The zero-order chi connectivity index (χ0) is 20.9. The van der Waals surface area contributed by atoms with Gasteiger partial charge in [0.05, 0.1) is 17.2 Å². The molecule has 0 saturated heterocycles. The molecule has 0 atom stereocenters. The average Bonchev–Trinajstić information content (AvgIpc) is 2.67. The summed E-state index contributed by atoms with van der Waals surface area (Å²) in [5.41, 5.74) is 2.59. The van der Waals surface area contributed by atoms with Gasteiger partial charge >= 0.3 is 5.97 Å². The molecule has 0 spiro atoms. The van der Waals surface area contributed by atoms with Crippen LogP contribution >= 0.6 is 11.6 Å². The van der Waals surface area contributed by atoms with Gasteiger partial charge in [-0.25, -0.2) is 8.42 Å². The topological polar surface area (TPSA) is 75.7 Å². The van der Waals surface area contributed by atoms with Crippen molar-refractivity contribution < 1.29 is 17.9 Å². The predicted molar refractivity (Wildman–Crippen MR) is 114 cm³/mol. The lowest BCUT2D eigenvalue weighted by Crippen LogP contribution is -2.32. The lowest BCUT2D eigenvalue weighted by atomic mass is 10.00. The monoisotopic (exact) mass is 436 g/mol. The first-order valence-electron chi connectivity index (χ1n) is 9.65. The number of benzene rings is 2. The van der Waals surface area contributed by atoms with E-state index in [-0.39, 0.29) is 10.9 Å². The maximum absolute atomic E-state index is 12.8. The van der Waals surface area contributed by atoms with E-state index in [9.17, 15) is 13.2 Å². The van der Waals surface area contributed by atoms with Gasteiger partial charge in [0.2, 0.25) is 0 Å². The van der Waals surface area contributed by atoms with Crippen LogP contribution in [0.4, 0.5) is 5.69 Å². The van der Waals surface area contributed by atoms with Crippen LogP contribution in [-0.2, 0) is 32.5 Å². The smallest absolute Gasteiger partial charge is 0.305 e. The highest BCUT2D eigenvalue weighted by Crippen LogP contribution is 2.25. The summed E-state index contributed by atoms with van der Waals surface area (Å²) in [5, 5.41) is 0.467. The Labute approximate surface area is 176 Å². The standard InChI is InChI=1S/C21H25ClN2O4S/c1-2-28-21(25)7-4-11-24-12-10-16-8-9-20(13-17(16)15-24)29(26,27)23-19-6-3-5-18(22)14-19/h3,5-6,8-9,13-14,23H,2,4,7,10-12,15H2,1H3. The molecule has 0 aliphatic carbocycles. The Morgan fingerprint density at radius 2 is 2.03 bits per heavy atom.